The second-order valence-electron chi connectivity index (χ2n) is 4.89. The molecule has 2 aromatic rings. The van der Waals surface area contributed by atoms with Crippen molar-refractivity contribution in [2.45, 2.75) is 24.8 Å². The third-order valence-corrected chi connectivity index (χ3v) is 3.74. The number of ether oxygens (including phenoxy) is 1. The Bertz CT molecular complexity index is 525. The molecule has 0 saturated carbocycles. The van der Waals surface area contributed by atoms with Crippen molar-refractivity contribution in [1.29, 1.82) is 0 Å². The maximum Gasteiger partial charge on any atom is 0.122 e. The van der Waals surface area contributed by atoms with Gasteiger partial charge in [0.2, 0.25) is 0 Å². The van der Waals surface area contributed by atoms with Crippen molar-refractivity contribution in [3.63, 3.8) is 0 Å². The van der Waals surface area contributed by atoms with E-state index in [1.54, 1.807) is 12.5 Å². The first-order chi connectivity index (χ1) is 9.38. The van der Waals surface area contributed by atoms with Gasteiger partial charge in [-0.25, -0.2) is 0 Å². The standard InChI is InChI=1S/C15H18N2O2/c16-17-14(9-11-5-7-18-10-11)12-6-8-19-15-4-2-1-3-13(12)15/h1-5,7,10,12,14,17H,6,8-9,16H2. The lowest BCUT2D eigenvalue weighted by atomic mass is 9.84. The molecular formula is C15H18N2O2. The molecule has 4 heteroatoms. The first-order valence-corrected chi connectivity index (χ1v) is 6.57. The average molecular weight is 258 g/mol. The predicted octanol–water partition coefficient (Wildman–Crippen LogP) is 2.22. The Morgan fingerprint density at radius 2 is 2.21 bits per heavy atom. The number of benzene rings is 1. The summed E-state index contributed by atoms with van der Waals surface area (Å²) in [7, 11) is 0. The molecule has 3 N–H and O–H groups in total. The first kappa shape index (κ1) is 12.3. The van der Waals surface area contributed by atoms with Gasteiger partial charge in [-0.2, -0.15) is 0 Å². The van der Waals surface area contributed by atoms with Crippen LogP contribution in [0.2, 0.25) is 0 Å². The van der Waals surface area contributed by atoms with Crippen LogP contribution < -0.4 is 16.0 Å². The molecule has 2 atom stereocenters. The van der Waals surface area contributed by atoms with Crippen LogP contribution >= 0.6 is 0 Å². The van der Waals surface area contributed by atoms with Gasteiger partial charge >= 0.3 is 0 Å². The lowest BCUT2D eigenvalue weighted by Gasteiger charge is -2.31. The lowest BCUT2D eigenvalue weighted by molar-refractivity contribution is 0.245. The minimum Gasteiger partial charge on any atom is -0.493 e. The summed E-state index contributed by atoms with van der Waals surface area (Å²) in [5.41, 5.74) is 5.35. The van der Waals surface area contributed by atoms with Crippen molar-refractivity contribution in [3.05, 3.63) is 54.0 Å². The van der Waals surface area contributed by atoms with Gasteiger partial charge in [0.1, 0.15) is 5.75 Å². The predicted molar refractivity (Wildman–Crippen MR) is 72.8 cm³/mol. The number of para-hydroxylation sites is 1. The second-order valence-corrected chi connectivity index (χ2v) is 4.89. The second kappa shape index (κ2) is 5.47. The molecule has 3 rings (SSSR count). The molecule has 2 unspecified atom stereocenters. The van der Waals surface area contributed by atoms with Crippen molar-refractivity contribution in [1.82, 2.24) is 5.43 Å². The summed E-state index contributed by atoms with van der Waals surface area (Å²) in [6, 6.07) is 10.4. The Labute approximate surface area is 112 Å². The Morgan fingerprint density at radius 1 is 1.32 bits per heavy atom. The minimum atomic E-state index is 0.183. The minimum absolute atomic E-state index is 0.183. The summed E-state index contributed by atoms with van der Waals surface area (Å²) in [6.45, 7) is 0.741. The van der Waals surface area contributed by atoms with Crippen molar-refractivity contribution < 1.29 is 9.15 Å². The fourth-order valence-electron chi connectivity index (χ4n) is 2.77. The molecule has 1 aromatic heterocycles. The Kier molecular flexibility index (Phi) is 3.53. The fraction of sp³-hybridized carbons (Fsp3) is 0.333. The molecule has 1 aromatic carbocycles. The van der Waals surface area contributed by atoms with E-state index in [2.05, 4.69) is 11.5 Å². The monoisotopic (exact) mass is 258 g/mol. The zero-order chi connectivity index (χ0) is 13.1. The van der Waals surface area contributed by atoms with Crippen LogP contribution in [0.15, 0.2) is 47.3 Å². The quantitative estimate of drug-likeness (QED) is 0.652. The van der Waals surface area contributed by atoms with E-state index in [-0.39, 0.29) is 6.04 Å². The van der Waals surface area contributed by atoms with Gasteiger partial charge in [-0.1, -0.05) is 18.2 Å². The van der Waals surface area contributed by atoms with Crippen LogP contribution in [0.3, 0.4) is 0 Å². The highest BCUT2D eigenvalue weighted by molar-refractivity contribution is 5.39. The van der Waals surface area contributed by atoms with Crippen molar-refractivity contribution in [2.75, 3.05) is 6.61 Å². The summed E-state index contributed by atoms with van der Waals surface area (Å²) in [5, 5.41) is 0. The molecule has 19 heavy (non-hydrogen) atoms. The van der Waals surface area contributed by atoms with Crippen LogP contribution in [0, 0.1) is 0 Å². The molecule has 0 spiro atoms. The van der Waals surface area contributed by atoms with Gasteiger partial charge in [0, 0.05) is 12.0 Å². The summed E-state index contributed by atoms with van der Waals surface area (Å²) < 4.78 is 10.8. The van der Waals surface area contributed by atoms with E-state index in [0.717, 1.165) is 30.8 Å². The van der Waals surface area contributed by atoms with Crippen LogP contribution in [-0.4, -0.2) is 12.6 Å². The molecule has 0 bridgehead atoms. The zero-order valence-electron chi connectivity index (χ0n) is 10.7. The number of hydrazine groups is 1. The average Bonchev–Trinajstić information content (AvgIpc) is 2.97. The molecule has 1 aliphatic heterocycles. The molecule has 1 aliphatic rings. The lowest BCUT2D eigenvalue weighted by Crippen LogP contribution is -2.42. The highest BCUT2D eigenvalue weighted by atomic mass is 16.5. The summed E-state index contributed by atoms with van der Waals surface area (Å²) >= 11 is 0. The number of hydrogen-bond acceptors (Lipinski definition) is 4. The maximum absolute atomic E-state index is 5.76. The fourth-order valence-corrected chi connectivity index (χ4v) is 2.77. The van der Waals surface area contributed by atoms with Crippen LogP contribution in [0.4, 0.5) is 0 Å². The van der Waals surface area contributed by atoms with Gasteiger partial charge in [0.25, 0.3) is 0 Å². The number of nitrogens with two attached hydrogens (primary N) is 1. The zero-order valence-corrected chi connectivity index (χ0v) is 10.7. The Balaban J connectivity index is 1.84. The Hall–Kier alpha value is -1.78. The summed E-state index contributed by atoms with van der Waals surface area (Å²) in [6.07, 6.45) is 5.30. The van der Waals surface area contributed by atoms with Gasteiger partial charge in [0.05, 0.1) is 19.1 Å². The molecule has 0 fully saturated rings. The molecule has 0 radical (unpaired) electrons. The van der Waals surface area contributed by atoms with E-state index in [9.17, 15) is 0 Å². The van der Waals surface area contributed by atoms with E-state index in [0.29, 0.717) is 5.92 Å². The highest BCUT2D eigenvalue weighted by Crippen LogP contribution is 2.36. The van der Waals surface area contributed by atoms with E-state index in [1.165, 1.54) is 5.56 Å². The number of rotatable bonds is 4. The third-order valence-electron chi connectivity index (χ3n) is 3.74. The Morgan fingerprint density at radius 3 is 3.00 bits per heavy atom. The molecule has 0 amide bonds. The van der Waals surface area contributed by atoms with Gasteiger partial charge in [-0.3, -0.25) is 11.3 Å². The van der Waals surface area contributed by atoms with E-state index < -0.39 is 0 Å². The molecule has 0 aliphatic carbocycles. The largest absolute Gasteiger partial charge is 0.493 e. The summed E-state index contributed by atoms with van der Waals surface area (Å²) in [5.74, 6) is 7.10. The van der Waals surface area contributed by atoms with Crippen LogP contribution in [0.1, 0.15) is 23.5 Å². The number of hydrogen-bond donors (Lipinski definition) is 2. The first-order valence-electron chi connectivity index (χ1n) is 6.57. The molecule has 2 heterocycles. The molecular weight excluding hydrogens is 240 g/mol. The summed E-state index contributed by atoms with van der Waals surface area (Å²) in [4.78, 5) is 0. The van der Waals surface area contributed by atoms with Crippen LogP contribution in [0.5, 0.6) is 5.75 Å². The van der Waals surface area contributed by atoms with Crippen molar-refractivity contribution in [2.24, 2.45) is 5.84 Å². The van der Waals surface area contributed by atoms with Gasteiger partial charge in [0.15, 0.2) is 0 Å². The molecule has 100 valence electrons. The molecule has 4 nitrogen and oxygen atoms in total. The van der Waals surface area contributed by atoms with Gasteiger partial charge in [-0.15, -0.1) is 0 Å². The van der Waals surface area contributed by atoms with Crippen LogP contribution in [0.25, 0.3) is 0 Å². The maximum atomic E-state index is 5.76. The number of nitrogens with one attached hydrogen (secondary N) is 1. The van der Waals surface area contributed by atoms with Crippen LogP contribution in [-0.2, 0) is 6.42 Å². The van der Waals surface area contributed by atoms with Gasteiger partial charge < -0.3 is 9.15 Å². The topological polar surface area (TPSA) is 60.4 Å². The van der Waals surface area contributed by atoms with Gasteiger partial charge in [-0.05, 0) is 36.1 Å². The smallest absolute Gasteiger partial charge is 0.122 e. The van der Waals surface area contributed by atoms with Crippen molar-refractivity contribution in [3.8, 4) is 5.75 Å². The SMILES string of the molecule is NNC(Cc1ccoc1)C1CCOc2ccccc21. The normalized spacial score (nSPS) is 19.5. The van der Waals surface area contributed by atoms with Crippen molar-refractivity contribution >= 4 is 0 Å². The van der Waals surface area contributed by atoms with E-state index >= 15 is 0 Å². The van der Waals surface area contributed by atoms with E-state index in [4.69, 9.17) is 15.0 Å². The number of fused-ring (bicyclic) bond motifs is 1. The molecule has 0 saturated heterocycles. The third kappa shape index (κ3) is 2.50. The highest BCUT2D eigenvalue weighted by Gasteiger charge is 2.28. The number of furan rings is 1. The van der Waals surface area contributed by atoms with E-state index in [1.807, 2.05) is 24.3 Å².